The van der Waals surface area contributed by atoms with Gasteiger partial charge in [0.25, 0.3) is 11.5 Å². The normalized spacial score (nSPS) is 10.7. The first-order valence-corrected chi connectivity index (χ1v) is 10.2. The average Bonchev–Trinajstić information content (AvgIpc) is 3.18. The van der Waals surface area contributed by atoms with Gasteiger partial charge in [-0.15, -0.1) is 4.57 Å². The molecule has 1 amide bonds. The number of benzene rings is 2. The molecule has 0 unspecified atom stereocenters. The van der Waals surface area contributed by atoms with Crippen molar-refractivity contribution < 1.29 is 23.6 Å². The molecule has 1 N–H and O–H groups in total. The molecular weight excluding hydrogens is 450 g/mol. The minimum absolute atomic E-state index is 0.171. The van der Waals surface area contributed by atoms with Crippen LogP contribution in [0.2, 0.25) is 5.02 Å². The topological polar surface area (TPSA) is 112 Å². The van der Waals surface area contributed by atoms with E-state index < -0.39 is 11.5 Å². The van der Waals surface area contributed by atoms with Gasteiger partial charge in [-0.05, 0) is 55.5 Å². The Labute approximate surface area is 192 Å². The molecule has 0 atom stereocenters. The fraction of sp³-hybridized carbons (Fsp3) is 0.130. The number of anilines is 1. The third kappa shape index (κ3) is 5.58. The van der Waals surface area contributed by atoms with Crippen LogP contribution in [0.25, 0.3) is 5.65 Å². The number of halogens is 1. The lowest BCUT2D eigenvalue weighted by Gasteiger charge is -2.08. The number of ether oxygens (including phenoxy) is 2. The lowest BCUT2D eigenvalue weighted by atomic mass is 10.2. The zero-order chi connectivity index (χ0) is 23.4. The number of nitrogens with one attached hydrogen (secondary N) is 1. The molecule has 0 saturated carbocycles. The zero-order valence-electron chi connectivity index (χ0n) is 17.4. The van der Waals surface area contributed by atoms with Crippen molar-refractivity contribution in [1.29, 1.82) is 0 Å². The summed E-state index contributed by atoms with van der Waals surface area (Å²) in [7, 11) is 0. The number of carbonyl (C=O) groups is 2. The number of nitrogens with zero attached hydrogens (tertiary/aromatic N) is 2. The van der Waals surface area contributed by atoms with E-state index >= 15 is 0 Å². The molecule has 0 radical (unpaired) electrons. The van der Waals surface area contributed by atoms with E-state index in [0.29, 0.717) is 33.6 Å². The summed E-state index contributed by atoms with van der Waals surface area (Å²) >= 11 is 5.81. The van der Waals surface area contributed by atoms with E-state index in [0.717, 1.165) is 4.57 Å². The minimum Gasteiger partial charge on any atom is -0.484 e. The third-order valence-corrected chi connectivity index (χ3v) is 4.72. The fourth-order valence-corrected chi connectivity index (χ4v) is 3.06. The second-order valence-electron chi connectivity index (χ2n) is 7.03. The number of hydrogen-bond acceptors (Lipinski definition) is 7. The van der Waals surface area contributed by atoms with Gasteiger partial charge < -0.3 is 19.3 Å². The highest BCUT2D eigenvalue weighted by Gasteiger charge is 2.12. The highest BCUT2D eigenvalue weighted by molar-refractivity contribution is 6.30. The first-order valence-electron chi connectivity index (χ1n) is 9.82. The lowest BCUT2D eigenvalue weighted by Crippen LogP contribution is -2.20. The Morgan fingerprint density at radius 1 is 1.09 bits per heavy atom. The van der Waals surface area contributed by atoms with Gasteiger partial charge in [-0.2, -0.15) is 0 Å². The maximum atomic E-state index is 12.3. The maximum absolute atomic E-state index is 12.3. The van der Waals surface area contributed by atoms with Gasteiger partial charge >= 0.3 is 5.97 Å². The van der Waals surface area contributed by atoms with E-state index in [-0.39, 0.29) is 24.7 Å². The molecule has 0 spiro atoms. The molecule has 4 rings (SSSR count). The molecule has 0 bridgehead atoms. The summed E-state index contributed by atoms with van der Waals surface area (Å²) in [6.45, 7) is 1.35. The SMILES string of the molecule is Cc1cc2nc(COC(=O)c3ccc(NC(=O)COc4ccc(Cl)cc4)cc3)cc(=O)n2o1. The number of aryl methyl sites for hydroxylation is 1. The Balaban J connectivity index is 1.30. The van der Waals surface area contributed by atoms with E-state index in [9.17, 15) is 14.4 Å². The van der Waals surface area contributed by atoms with Gasteiger partial charge in [0.2, 0.25) is 0 Å². The second kappa shape index (κ2) is 9.58. The highest BCUT2D eigenvalue weighted by Crippen LogP contribution is 2.16. The number of amides is 1. The van der Waals surface area contributed by atoms with Crippen molar-refractivity contribution in [2.24, 2.45) is 0 Å². The first-order chi connectivity index (χ1) is 15.9. The molecule has 0 saturated heterocycles. The van der Waals surface area contributed by atoms with E-state index in [1.165, 1.54) is 18.2 Å². The number of hydrogen-bond donors (Lipinski definition) is 1. The van der Waals surface area contributed by atoms with Gasteiger partial charge in [0.15, 0.2) is 12.3 Å². The Kier molecular flexibility index (Phi) is 6.41. The Bertz CT molecular complexity index is 1360. The van der Waals surface area contributed by atoms with Crippen molar-refractivity contribution in [2.45, 2.75) is 13.5 Å². The number of esters is 1. The summed E-state index contributed by atoms with van der Waals surface area (Å²) in [5, 5.41) is 3.25. The number of fused-ring (bicyclic) bond motifs is 1. The Morgan fingerprint density at radius 3 is 2.55 bits per heavy atom. The molecule has 168 valence electrons. The highest BCUT2D eigenvalue weighted by atomic mass is 35.5. The standard InChI is InChI=1S/C23H18ClN3O6/c1-14-10-20-25-18(11-22(29)27(20)33-14)12-32-23(30)15-2-6-17(7-3-15)26-21(28)13-31-19-8-4-16(24)5-9-19/h2-11H,12-13H2,1H3,(H,26,28). The van der Waals surface area contributed by atoms with E-state index in [2.05, 4.69) is 10.3 Å². The molecule has 0 aliphatic rings. The average molecular weight is 468 g/mol. The summed E-state index contributed by atoms with van der Waals surface area (Å²) < 4.78 is 16.9. The van der Waals surface area contributed by atoms with E-state index in [4.69, 9.17) is 25.6 Å². The Morgan fingerprint density at radius 2 is 1.82 bits per heavy atom. The molecule has 33 heavy (non-hydrogen) atoms. The molecule has 0 aliphatic heterocycles. The third-order valence-electron chi connectivity index (χ3n) is 4.46. The predicted molar refractivity (Wildman–Crippen MR) is 120 cm³/mol. The van der Waals surface area contributed by atoms with Crippen molar-refractivity contribution in [3.8, 4) is 5.75 Å². The van der Waals surface area contributed by atoms with Crippen molar-refractivity contribution in [3.63, 3.8) is 0 Å². The summed E-state index contributed by atoms with van der Waals surface area (Å²) in [6, 6.07) is 15.7. The summed E-state index contributed by atoms with van der Waals surface area (Å²) in [5.74, 6) is 0.108. The molecule has 10 heteroatoms. The van der Waals surface area contributed by atoms with Crippen molar-refractivity contribution >= 4 is 34.8 Å². The van der Waals surface area contributed by atoms with Crippen LogP contribution in [-0.4, -0.2) is 28.0 Å². The minimum atomic E-state index is -0.593. The van der Waals surface area contributed by atoms with Crippen LogP contribution in [-0.2, 0) is 16.1 Å². The summed E-state index contributed by atoms with van der Waals surface area (Å²) in [6.07, 6.45) is 0. The Hall–Kier alpha value is -4.11. The lowest BCUT2D eigenvalue weighted by molar-refractivity contribution is -0.118. The number of aromatic nitrogens is 2. The second-order valence-corrected chi connectivity index (χ2v) is 7.47. The quantitative estimate of drug-likeness (QED) is 0.413. The molecule has 2 heterocycles. The van der Waals surface area contributed by atoms with Crippen LogP contribution < -0.4 is 15.6 Å². The van der Waals surface area contributed by atoms with Crippen LogP contribution in [0.4, 0.5) is 5.69 Å². The van der Waals surface area contributed by atoms with Crippen LogP contribution in [0, 0.1) is 6.92 Å². The van der Waals surface area contributed by atoms with E-state index in [1.807, 2.05) is 0 Å². The van der Waals surface area contributed by atoms with Gasteiger partial charge in [-0.25, -0.2) is 9.78 Å². The van der Waals surface area contributed by atoms with Crippen LogP contribution in [0.1, 0.15) is 21.8 Å². The van der Waals surface area contributed by atoms with Crippen molar-refractivity contribution in [2.75, 3.05) is 11.9 Å². The smallest absolute Gasteiger partial charge is 0.338 e. The van der Waals surface area contributed by atoms with Crippen molar-refractivity contribution in [1.82, 2.24) is 9.56 Å². The van der Waals surface area contributed by atoms with Gasteiger partial charge in [-0.1, -0.05) is 11.6 Å². The largest absolute Gasteiger partial charge is 0.484 e. The van der Waals surface area contributed by atoms with Crippen LogP contribution in [0.15, 0.2) is 70.0 Å². The summed E-state index contributed by atoms with van der Waals surface area (Å²) in [5.41, 5.74) is 1.01. The molecule has 2 aromatic heterocycles. The predicted octanol–water partition coefficient (Wildman–Crippen LogP) is 3.62. The number of carbonyl (C=O) groups excluding carboxylic acids is 2. The van der Waals surface area contributed by atoms with Gasteiger partial charge in [-0.3, -0.25) is 9.59 Å². The van der Waals surface area contributed by atoms with Crippen LogP contribution in [0.3, 0.4) is 0 Å². The first kappa shape index (κ1) is 22.1. The molecule has 2 aromatic carbocycles. The van der Waals surface area contributed by atoms with Crippen molar-refractivity contribution in [3.05, 3.63) is 93.1 Å². The van der Waals surface area contributed by atoms with Crippen LogP contribution >= 0.6 is 11.6 Å². The van der Waals surface area contributed by atoms with Gasteiger partial charge in [0.1, 0.15) is 18.1 Å². The van der Waals surface area contributed by atoms with Gasteiger partial charge in [0.05, 0.1) is 11.3 Å². The molecule has 9 nitrogen and oxygen atoms in total. The number of rotatable bonds is 7. The maximum Gasteiger partial charge on any atom is 0.338 e. The zero-order valence-corrected chi connectivity index (χ0v) is 18.2. The van der Waals surface area contributed by atoms with E-state index in [1.54, 1.807) is 49.4 Å². The van der Waals surface area contributed by atoms with Crippen LogP contribution in [0.5, 0.6) is 5.75 Å². The molecule has 0 fully saturated rings. The molecule has 4 aromatic rings. The molecule has 0 aliphatic carbocycles. The van der Waals surface area contributed by atoms with Gasteiger partial charge in [0, 0.05) is 22.8 Å². The summed E-state index contributed by atoms with van der Waals surface area (Å²) in [4.78, 5) is 40.6. The monoisotopic (exact) mass is 467 g/mol. The fourth-order valence-electron chi connectivity index (χ4n) is 2.94. The molecular formula is C23H18ClN3O6.